The molecule has 25 heavy (non-hydrogen) atoms. The molecule has 0 bridgehead atoms. The Hall–Kier alpha value is -2.05. The standard InChI is InChI=1S/C18H17BrClNO4/c1-10-13(18(23)24-3)5-4-6-15(10)21-17(22)11(2)25-16-8-7-12(20)9-14(16)19/h4-9,11H,1-3H3,(H,21,22). The van der Waals surface area contributed by atoms with Crippen LogP contribution in [-0.2, 0) is 9.53 Å². The van der Waals surface area contributed by atoms with Gasteiger partial charge in [0.2, 0.25) is 0 Å². The summed E-state index contributed by atoms with van der Waals surface area (Å²) in [5.74, 6) is -0.290. The molecule has 0 aliphatic rings. The summed E-state index contributed by atoms with van der Waals surface area (Å²) in [5.41, 5.74) is 1.55. The van der Waals surface area contributed by atoms with Crippen molar-refractivity contribution in [3.8, 4) is 5.75 Å². The Morgan fingerprint density at radius 3 is 2.60 bits per heavy atom. The van der Waals surface area contributed by atoms with E-state index < -0.39 is 12.1 Å². The van der Waals surface area contributed by atoms with Gasteiger partial charge < -0.3 is 14.8 Å². The van der Waals surface area contributed by atoms with E-state index >= 15 is 0 Å². The SMILES string of the molecule is COC(=O)c1cccc(NC(=O)C(C)Oc2ccc(Cl)cc2Br)c1C. The third-order valence-electron chi connectivity index (χ3n) is 3.56. The predicted octanol–water partition coefficient (Wildman–Crippen LogP) is 4.60. The Morgan fingerprint density at radius 1 is 1.24 bits per heavy atom. The van der Waals surface area contributed by atoms with Crippen molar-refractivity contribution >= 4 is 45.1 Å². The van der Waals surface area contributed by atoms with Crippen molar-refractivity contribution in [1.29, 1.82) is 0 Å². The Labute approximate surface area is 159 Å². The lowest BCUT2D eigenvalue weighted by atomic mass is 10.1. The zero-order valence-corrected chi connectivity index (χ0v) is 16.3. The summed E-state index contributed by atoms with van der Waals surface area (Å²) in [6.07, 6.45) is -0.751. The van der Waals surface area contributed by atoms with Crippen LogP contribution in [0.5, 0.6) is 5.75 Å². The average Bonchev–Trinajstić information content (AvgIpc) is 2.58. The second-order valence-electron chi connectivity index (χ2n) is 5.29. The second-order valence-corrected chi connectivity index (χ2v) is 6.58. The zero-order chi connectivity index (χ0) is 18.6. The van der Waals surface area contributed by atoms with Crippen molar-refractivity contribution < 1.29 is 19.1 Å². The number of nitrogens with one attached hydrogen (secondary N) is 1. The zero-order valence-electron chi connectivity index (χ0n) is 13.9. The molecule has 2 aromatic rings. The van der Waals surface area contributed by atoms with E-state index in [1.807, 2.05) is 0 Å². The van der Waals surface area contributed by atoms with Crippen LogP contribution in [-0.4, -0.2) is 25.1 Å². The molecular weight excluding hydrogens is 410 g/mol. The normalized spacial score (nSPS) is 11.6. The molecule has 2 rings (SSSR count). The number of carbonyl (C=O) groups is 2. The van der Waals surface area contributed by atoms with Gasteiger partial charge in [0.25, 0.3) is 5.91 Å². The van der Waals surface area contributed by atoms with Gasteiger partial charge in [0.15, 0.2) is 6.10 Å². The summed E-state index contributed by atoms with van der Waals surface area (Å²) in [6, 6.07) is 10.1. The number of ether oxygens (including phenoxy) is 2. The summed E-state index contributed by atoms with van der Waals surface area (Å²) < 4.78 is 11.1. The molecule has 1 atom stereocenters. The van der Waals surface area contributed by atoms with Crippen LogP contribution in [0.3, 0.4) is 0 Å². The lowest BCUT2D eigenvalue weighted by molar-refractivity contribution is -0.122. The van der Waals surface area contributed by atoms with Crippen LogP contribution in [0.1, 0.15) is 22.8 Å². The Kier molecular flexibility index (Phi) is 6.45. The topological polar surface area (TPSA) is 64.6 Å². The summed E-state index contributed by atoms with van der Waals surface area (Å²) in [5, 5.41) is 3.33. The maximum Gasteiger partial charge on any atom is 0.338 e. The van der Waals surface area contributed by atoms with Crippen molar-refractivity contribution in [3.05, 3.63) is 57.0 Å². The molecule has 2 aromatic carbocycles. The number of anilines is 1. The van der Waals surface area contributed by atoms with E-state index in [9.17, 15) is 9.59 Å². The lowest BCUT2D eigenvalue weighted by Gasteiger charge is -2.17. The predicted molar refractivity (Wildman–Crippen MR) is 100 cm³/mol. The van der Waals surface area contributed by atoms with Gasteiger partial charge in [-0.05, 0) is 65.7 Å². The van der Waals surface area contributed by atoms with Crippen LogP contribution in [0.25, 0.3) is 0 Å². The minimum atomic E-state index is -0.751. The summed E-state index contributed by atoms with van der Waals surface area (Å²) >= 11 is 9.23. The molecule has 1 unspecified atom stereocenters. The number of esters is 1. The summed E-state index contributed by atoms with van der Waals surface area (Å²) in [4.78, 5) is 24.1. The second kappa shape index (κ2) is 8.36. The molecule has 5 nitrogen and oxygen atoms in total. The largest absolute Gasteiger partial charge is 0.480 e. The van der Waals surface area contributed by atoms with Gasteiger partial charge in [-0.15, -0.1) is 0 Å². The first kappa shape index (κ1) is 19.3. The molecule has 0 aromatic heterocycles. The van der Waals surface area contributed by atoms with Crippen molar-refractivity contribution in [3.63, 3.8) is 0 Å². The quantitative estimate of drug-likeness (QED) is 0.710. The minimum absolute atomic E-state index is 0.341. The van der Waals surface area contributed by atoms with E-state index in [1.54, 1.807) is 50.2 Å². The molecule has 0 fully saturated rings. The fourth-order valence-corrected chi connectivity index (χ4v) is 2.93. The molecule has 1 N–H and O–H groups in total. The summed E-state index contributed by atoms with van der Waals surface area (Å²) in [7, 11) is 1.31. The third kappa shape index (κ3) is 4.74. The van der Waals surface area contributed by atoms with E-state index in [2.05, 4.69) is 21.2 Å². The molecule has 0 saturated carbocycles. The van der Waals surface area contributed by atoms with Gasteiger partial charge in [-0.2, -0.15) is 0 Å². The molecule has 7 heteroatoms. The van der Waals surface area contributed by atoms with Crippen LogP contribution >= 0.6 is 27.5 Å². The number of benzene rings is 2. The molecule has 0 saturated heterocycles. The number of methoxy groups -OCH3 is 1. The highest BCUT2D eigenvalue weighted by molar-refractivity contribution is 9.10. The van der Waals surface area contributed by atoms with Crippen molar-refractivity contribution in [1.82, 2.24) is 0 Å². The van der Waals surface area contributed by atoms with E-state index in [1.165, 1.54) is 7.11 Å². The Morgan fingerprint density at radius 2 is 1.96 bits per heavy atom. The smallest absolute Gasteiger partial charge is 0.338 e. The van der Waals surface area contributed by atoms with Gasteiger partial charge in [-0.3, -0.25) is 4.79 Å². The van der Waals surface area contributed by atoms with Crippen molar-refractivity contribution in [2.75, 3.05) is 12.4 Å². The van der Waals surface area contributed by atoms with Crippen LogP contribution in [0.2, 0.25) is 5.02 Å². The molecule has 1 amide bonds. The lowest BCUT2D eigenvalue weighted by Crippen LogP contribution is -2.30. The molecule has 0 radical (unpaired) electrons. The number of hydrogen-bond acceptors (Lipinski definition) is 4. The maximum atomic E-state index is 12.4. The van der Waals surface area contributed by atoms with Crippen LogP contribution in [0.15, 0.2) is 40.9 Å². The van der Waals surface area contributed by atoms with E-state index in [0.717, 1.165) is 0 Å². The van der Waals surface area contributed by atoms with Crippen molar-refractivity contribution in [2.24, 2.45) is 0 Å². The first-order valence-electron chi connectivity index (χ1n) is 7.44. The number of rotatable bonds is 5. The molecule has 0 spiro atoms. The van der Waals surface area contributed by atoms with Gasteiger partial charge in [0.05, 0.1) is 17.1 Å². The molecular formula is C18H17BrClNO4. The number of hydrogen-bond donors (Lipinski definition) is 1. The highest BCUT2D eigenvalue weighted by Gasteiger charge is 2.19. The molecule has 0 aliphatic heterocycles. The van der Waals surface area contributed by atoms with E-state index in [-0.39, 0.29) is 5.91 Å². The number of halogens is 2. The van der Waals surface area contributed by atoms with Crippen LogP contribution in [0, 0.1) is 6.92 Å². The fourth-order valence-electron chi connectivity index (χ4n) is 2.15. The third-order valence-corrected chi connectivity index (χ3v) is 4.42. The van der Waals surface area contributed by atoms with Crippen LogP contribution in [0.4, 0.5) is 5.69 Å². The Balaban J connectivity index is 2.12. The fraction of sp³-hybridized carbons (Fsp3) is 0.222. The highest BCUT2D eigenvalue weighted by Crippen LogP contribution is 2.29. The number of amides is 1. The van der Waals surface area contributed by atoms with Gasteiger partial charge in [-0.1, -0.05) is 17.7 Å². The first-order chi connectivity index (χ1) is 11.8. The average molecular weight is 427 g/mol. The monoisotopic (exact) mass is 425 g/mol. The van der Waals surface area contributed by atoms with Gasteiger partial charge >= 0.3 is 5.97 Å². The Bertz CT molecular complexity index is 810. The number of carbonyl (C=O) groups excluding carboxylic acids is 2. The molecule has 0 aliphatic carbocycles. The van der Waals surface area contributed by atoms with Crippen LogP contribution < -0.4 is 10.1 Å². The molecule has 132 valence electrons. The minimum Gasteiger partial charge on any atom is -0.480 e. The summed E-state index contributed by atoms with van der Waals surface area (Å²) in [6.45, 7) is 3.37. The molecule has 0 heterocycles. The highest BCUT2D eigenvalue weighted by atomic mass is 79.9. The van der Waals surface area contributed by atoms with E-state index in [4.69, 9.17) is 21.1 Å². The van der Waals surface area contributed by atoms with E-state index in [0.29, 0.717) is 32.1 Å². The van der Waals surface area contributed by atoms with Gasteiger partial charge in [0.1, 0.15) is 5.75 Å². The first-order valence-corrected chi connectivity index (χ1v) is 8.61. The van der Waals surface area contributed by atoms with Gasteiger partial charge in [0, 0.05) is 10.7 Å². The maximum absolute atomic E-state index is 12.4. The van der Waals surface area contributed by atoms with Gasteiger partial charge in [-0.25, -0.2) is 4.79 Å². The van der Waals surface area contributed by atoms with Crippen molar-refractivity contribution in [2.45, 2.75) is 20.0 Å².